The Morgan fingerprint density at radius 1 is 0.317 bits per heavy atom. The van der Waals surface area contributed by atoms with Gasteiger partial charge in [0.25, 0.3) is 0 Å². The summed E-state index contributed by atoms with van der Waals surface area (Å²) in [4.78, 5) is 0. The molecule has 0 amide bonds. The van der Waals surface area contributed by atoms with E-state index in [-0.39, 0.29) is 0 Å². The Balaban J connectivity index is 1.40. The lowest BCUT2D eigenvalue weighted by molar-refractivity contribution is 1.66. The van der Waals surface area contributed by atoms with Gasteiger partial charge in [-0.15, -0.1) is 11.3 Å². The Morgan fingerprint density at radius 2 is 0.854 bits per heavy atom. The first-order valence-corrected chi connectivity index (χ1v) is 14.9. The van der Waals surface area contributed by atoms with Crippen LogP contribution in [0.2, 0.25) is 0 Å². The second-order valence-corrected chi connectivity index (χ2v) is 11.9. The van der Waals surface area contributed by atoms with Crippen molar-refractivity contribution in [1.29, 1.82) is 0 Å². The van der Waals surface area contributed by atoms with Crippen LogP contribution in [0.15, 0.2) is 146 Å². The van der Waals surface area contributed by atoms with Crippen molar-refractivity contribution in [2.75, 3.05) is 0 Å². The molecule has 0 saturated carbocycles. The van der Waals surface area contributed by atoms with Crippen LogP contribution in [0.1, 0.15) is 0 Å². The maximum Gasteiger partial charge on any atom is 0.0434 e. The molecule has 0 unspecified atom stereocenters. The van der Waals surface area contributed by atoms with Gasteiger partial charge in [0.2, 0.25) is 0 Å². The van der Waals surface area contributed by atoms with E-state index >= 15 is 0 Å². The number of rotatable bonds is 2. The van der Waals surface area contributed by atoms with E-state index in [2.05, 4.69) is 146 Å². The quantitative estimate of drug-likeness (QED) is 0.193. The molecule has 0 fully saturated rings. The molecule has 0 aliphatic carbocycles. The molecule has 41 heavy (non-hydrogen) atoms. The van der Waals surface area contributed by atoms with Gasteiger partial charge < -0.3 is 0 Å². The SMILES string of the molecule is c1ccc(-c2cc3c(ccc4c5ccc6c(ccc7cccc(-c8ccccc8)c76)c5sc34)c3ccccc23)cc1. The maximum absolute atomic E-state index is 2.43. The van der Waals surface area contributed by atoms with Crippen LogP contribution in [-0.2, 0) is 0 Å². The molecule has 0 aliphatic heterocycles. The molecule has 0 radical (unpaired) electrons. The molecule has 1 aromatic heterocycles. The minimum Gasteiger partial charge on any atom is -0.134 e. The fraction of sp³-hybridized carbons (Fsp3) is 0. The van der Waals surface area contributed by atoms with Crippen molar-refractivity contribution in [1.82, 2.24) is 0 Å². The van der Waals surface area contributed by atoms with E-state index in [4.69, 9.17) is 0 Å². The largest absolute Gasteiger partial charge is 0.134 e. The number of hydrogen-bond acceptors (Lipinski definition) is 1. The molecule has 0 saturated heterocycles. The first-order chi connectivity index (χ1) is 20.3. The summed E-state index contributed by atoms with van der Waals surface area (Å²) in [7, 11) is 0. The molecule has 0 N–H and O–H groups in total. The Kier molecular flexibility index (Phi) is 4.87. The summed E-state index contributed by atoms with van der Waals surface area (Å²) in [5.74, 6) is 0. The van der Waals surface area contributed by atoms with E-state index in [1.165, 1.54) is 85.5 Å². The van der Waals surface area contributed by atoms with Crippen LogP contribution in [0.4, 0.5) is 0 Å². The van der Waals surface area contributed by atoms with Crippen molar-refractivity contribution in [3.05, 3.63) is 146 Å². The smallest absolute Gasteiger partial charge is 0.0434 e. The lowest BCUT2D eigenvalue weighted by Gasteiger charge is -2.12. The van der Waals surface area contributed by atoms with Gasteiger partial charge in [-0.05, 0) is 60.6 Å². The number of fused-ring (bicyclic) bond motifs is 11. The van der Waals surface area contributed by atoms with E-state index in [1.807, 2.05) is 11.3 Å². The summed E-state index contributed by atoms with van der Waals surface area (Å²) < 4.78 is 2.73. The first-order valence-electron chi connectivity index (χ1n) is 14.1. The topological polar surface area (TPSA) is 0 Å². The number of hydrogen-bond donors (Lipinski definition) is 0. The lowest BCUT2D eigenvalue weighted by atomic mass is 9.92. The van der Waals surface area contributed by atoms with Crippen molar-refractivity contribution in [3.63, 3.8) is 0 Å². The van der Waals surface area contributed by atoms with E-state index in [0.29, 0.717) is 0 Å². The molecule has 190 valence electrons. The molecule has 0 nitrogen and oxygen atoms in total. The molecule has 9 rings (SSSR count). The second kappa shape index (κ2) is 8.76. The highest BCUT2D eigenvalue weighted by molar-refractivity contribution is 7.27. The predicted molar refractivity (Wildman–Crippen MR) is 180 cm³/mol. The third-order valence-corrected chi connectivity index (χ3v) is 9.94. The third-order valence-electron chi connectivity index (χ3n) is 8.65. The lowest BCUT2D eigenvalue weighted by Crippen LogP contribution is -1.85. The van der Waals surface area contributed by atoms with Crippen LogP contribution < -0.4 is 0 Å². The van der Waals surface area contributed by atoms with Gasteiger partial charge in [0.15, 0.2) is 0 Å². The van der Waals surface area contributed by atoms with Crippen LogP contribution in [0.3, 0.4) is 0 Å². The average Bonchev–Trinajstić information content (AvgIpc) is 3.44. The van der Waals surface area contributed by atoms with Crippen LogP contribution in [-0.4, -0.2) is 0 Å². The molecule has 1 heteroatoms. The Hall–Kier alpha value is -4.98. The van der Waals surface area contributed by atoms with Gasteiger partial charge in [-0.3, -0.25) is 0 Å². The Bertz CT molecular complexity index is 2450. The number of thiophene rings is 1. The van der Waals surface area contributed by atoms with E-state index in [0.717, 1.165) is 0 Å². The summed E-state index contributed by atoms with van der Waals surface area (Å²) in [6, 6.07) is 53.5. The van der Waals surface area contributed by atoms with Gasteiger partial charge in [-0.25, -0.2) is 0 Å². The molecule has 0 aliphatic rings. The van der Waals surface area contributed by atoms with Gasteiger partial charge in [0.1, 0.15) is 0 Å². The van der Waals surface area contributed by atoms with E-state index in [9.17, 15) is 0 Å². The molecule has 9 aromatic rings. The summed E-state index contributed by atoms with van der Waals surface area (Å²) in [5.41, 5.74) is 5.10. The van der Waals surface area contributed by atoms with Gasteiger partial charge in [-0.2, -0.15) is 0 Å². The van der Waals surface area contributed by atoms with Gasteiger partial charge >= 0.3 is 0 Å². The second-order valence-electron chi connectivity index (χ2n) is 10.8. The maximum atomic E-state index is 2.43. The fourth-order valence-electron chi connectivity index (χ4n) is 6.78. The highest BCUT2D eigenvalue weighted by Crippen LogP contribution is 2.46. The van der Waals surface area contributed by atoms with Gasteiger partial charge in [-0.1, -0.05) is 140 Å². The van der Waals surface area contributed by atoms with E-state index in [1.54, 1.807) is 0 Å². The van der Waals surface area contributed by atoms with Crippen molar-refractivity contribution in [2.45, 2.75) is 0 Å². The summed E-state index contributed by atoms with van der Waals surface area (Å²) >= 11 is 1.94. The molecule has 8 aromatic carbocycles. The molecule has 1 heterocycles. The van der Waals surface area contributed by atoms with Crippen LogP contribution >= 0.6 is 11.3 Å². The fourth-order valence-corrected chi connectivity index (χ4v) is 8.13. The zero-order chi connectivity index (χ0) is 26.9. The van der Waals surface area contributed by atoms with Crippen LogP contribution in [0, 0.1) is 0 Å². The monoisotopic (exact) mass is 536 g/mol. The highest BCUT2D eigenvalue weighted by atomic mass is 32.1. The number of benzene rings is 8. The molecule has 0 atom stereocenters. The minimum absolute atomic E-state index is 1.26. The zero-order valence-electron chi connectivity index (χ0n) is 22.3. The summed E-state index contributed by atoms with van der Waals surface area (Å²) in [5, 5.41) is 13.2. The van der Waals surface area contributed by atoms with E-state index < -0.39 is 0 Å². The molecular weight excluding hydrogens is 513 g/mol. The van der Waals surface area contributed by atoms with Crippen LogP contribution in [0.5, 0.6) is 0 Å². The molecule has 0 spiro atoms. The van der Waals surface area contributed by atoms with Crippen molar-refractivity contribution in [2.24, 2.45) is 0 Å². The average molecular weight is 537 g/mol. The van der Waals surface area contributed by atoms with Gasteiger partial charge in [0.05, 0.1) is 0 Å². The Labute approximate surface area is 241 Å². The Morgan fingerprint density at radius 3 is 1.61 bits per heavy atom. The summed E-state index contributed by atoms with van der Waals surface area (Å²) in [6.07, 6.45) is 0. The zero-order valence-corrected chi connectivity index (χ0v) is 23.1. The normalized spacial score (nSPS) is 11.9. The van der Waals surface area contributed by atoms with Crippen LogP contribution in [0.25, 0.3) is 85.5 Å². The highest BCUT2D eigenvalue weighted by Gasteiger charge is 2.16. The van der Waals surface area contributed by atoms with Crippen molar-refractivity contribution < 1.29 is 0 Å². The third kappa shape index (κ3) is 3.33. The minimum atomic E-state index is 1.26. The standard InChI is InChI=1S/C40H24S/c1-3-10-25(11-4-1)28-17-9-14-27-18-19-33-32(38(27)28)21-23-34-35-22-20-31-29-15-7-8-16-30(29)36(26-12-5-2-6-13-26)24-37(31)40(35)41-39(33)34/h1-24H. The van der Waals surface area contributed by atoms with Crippen molar-refractivity contribution >= 4 is 74.6 Å². The summed E-state index contributed by atoms with van der Waals surface area (Å²) in [6.45, 7) is 0. The molecular formula is C40H24S. The molecule has 0 bridgehead atoms. The van der Waals surface area contributed by atoms with Gasteiger partial charge in [0, 0.05) is 30.9 Å². The first kappa shape index (κ1) is 22.8. The van der Waals surface area contributed by atoms with Crippen molar-refractivity contribution in [3.8, 4) is 22.3 Å². The predicted octanol–water partition coefficient (Wildman–Crippen LogP) is 12.0.